The Hall–Kier alpha value is -1.66. The van der Waals surface area contributed by atoms with E-state index >= 15 is 0 Å². The van der Waals surface area contributed by atoms with Crippen LogP contribution in [0.4, 0.5) is 0 Å². The second kappa shape index (κ2) is 8.59. The number of ketones is 1. The normalized spacial score (nSPS) is 10.7. The van der Waals surface area contributed by atoms with Gasteiger partial charge in [0.2, 0.25) is 0 Å². The molecule has 0 unspecified atom stereocenters. The van der Waals surface area contributed by atoms with Crippen molar-refractivity contribution in [2.75, 3.05) is 33.4 Å². The molecule has 0 atom stereocenters. The van der Waals surface area contributed by atoms with Crippen LogP contribution in [0.5, 0.6) is 0 Å². The van der Waals surface area contributed by atoms with Crippen LogP contribution in [0, 0.1) is 6.92 Å². The second-order valence-corrected chi connectivity index (χ2v) is 4.89. The minimum absolute atomic E-state index is 0.0131. The predicted molar refractivity (Wildman–Crippen MR) is 82.0 cm³/mol. The number of aryl methyl sites for hydroxylation is 1. The summed E-state index contributed by atoms with van der Waals surface area (Å²) < 4.78 is 4.92. The summed E-state index contributed by atoms with van der Waals surface area (Å²) in [6.45, 7) is 7.89. The first-order valence-electron chi connectivity index (χ1n) is 7.23. The van der Waals surface area contributed by atoms with Crippen LogP contribution >= 0.6 is 0 Å². The molecule has 0 fully saturated rings. The summed E-state index contributed by atoms with van der Waals surface area (Å²) in [5, 5.41) is 6.00. The number of aromatic amines is 1. The first kappa shape index (κ1) is 17.4. The molecule has 0 bridgehead atoms. The average molecular weight is 295 g/mol. The van der Waals surface area contributed by atoms with E-state index in [1.165, 1.54) is 6.92 Å². The highest BCUT2D eigenvalue weighted by Gasteiger charge is 2.21. The molecule has 0 spiro atoms. The monoisotopic (exact) mass is 295 g/mol. The van der Waals surface area contributed by atoms with Gasteiger partial charge in [-0.3, -0.25) is 9.59 Å². The van der Waals surface area contributed by atoms with Gasteiger partial charge in [-0.1, -0.05) is 6.92 Å². The van der Waals surface area contributed by atoms with Crippen LogP contribution in [0.1, 0.15) is 46.0 Å². The third-order valence-electron chi connectivity index (χ3n) is 3.29. The van der Waals surface area contributed by atoms with Gasteiger partial charge in [0, 0.05) is 38.0 Å². The fraction of sp³-hybridized carbons (Fsp3) is 0.600. The van der Waals surface area contributed by atoms with Gasteiger partial charge < -0.3 is 20.4 Å². The maximum absolute atomic E-state index is 12.2. The van der Waals surface area contributed by atoms with Gasteiger partial charge in [-0.15, -0.1) is 0 Å². The van der Waals surface area contributed by atoms with Gasteiger partial charge in [0.15, 0.2) is 5.78 Å². The molecule has 0 saturated carbocycles. The highest BCUT2D eigenvalue weighted by Crippen LogP contribution is 2.20. The number of hydrogen-bond acceptors (Lipinski definition) is 4. The zero-order valence-electron chi connectivity index (χ0n) is 13.3. The van der Waals surface area contributed by atoms with Crippen molar-refractivity contribution in [1.29, 1.82) is 0 Å². The summed E-state index contributed by atoms with van der Waals surface area (Å²) in [6.07, 6.45) is 0.647. The second-order valence-electron chi connectivity index (χ2n) is 4.89. The standard InChI is InChI=1S/C15H25N3O3/c1-5-12-13(11(3)19)10(2)18-14(12)15(20)17-7-6-16-8-9-21-4/h16,18H,5-9H2,1-4H3,(H,17,20). The number of methoxy groups -OCH3 is 1. The topological polar surface area (TPSA) is 83.2 Å². The summed E-state index contributed by atoms with van der Waals surface area (Å²) in [5.41, 5.74) is 2.69. The average Bonchev–Trinajstić information content (AvgIpc) is 2.79. The molecule has 0 aliphatic rings. The molecular weight excluding hydrogens is 270 g/mol. The Bertz CT molecular complexity index is 495. The van der Waals surface area contributed by atoms with E-state index < -0.39 is 0 Å². The molecule has 6 nitrogen and oxygen atoms in total. The number of hydrogen-bond donors (Lipinski definition) is 3. The Labute approximate surface area is 125 Å². The number of H-pyrrole nitrogens is 1. The van der Waals surface area contributed by atoms with Crippen LogP contribution in [0.3, 0.4) is 0 Å². The molecule has 0 saturated heterocycles. The minimum Gasteiger partial charge on any atom is -0.383 e. The lowest BCUT2D eigenvalue weighted by atomic mass is 10.0. The number of nitrogens with one attached hydrogen (secondary N) is 3. The SMILES string of the molecule is CCc1c(C(=O)NCCNCCOC)[nH]c(C)c1C(C)=O. The molecule has 6 heteroatoms. The Morgan fingerprint density at radius 1 is 1.24 bits per heavy atom. The zero-order valence-corrected chi connectivity index (χ0v) is 13.3. The highest BCUT2D eigenvalue weighted by atomic mass is 16.5. The van der Waals surface area contributed by atoms with E-state index in [4.69, 9.17) is 4.74 Å². The Kier molecular flexibility index (Phi) is 7.11. The lowest BCUT2D eigenvalue weighted by Crippen LogP contribution is -2.33. The first-order valence-corrected chi connectivity index (χ1v) is 7.23. The summed E-state index contributed by atoms with van der Waals surface area (Å²) in [6, 6.07) is 0. The molecule has 21 heavy (non-hydrogen) atoms. The van der Waals surface area contributed by atoms with Crippen molar-refractivity contribution in [2.45, 2.75) is 27.2 Å². The molecule has 0 aliphatic carbocycles. The molecule has 0 radical (unpaired) electrons. The number of carbonyl (C=O) groups is 2. The van der Waals surface area contributed by atoms with Gasteiger partial charge in [-0.25, -0.2) is 0 Å². The van der Waals surface area contributed by atoms with E-state index in [9.17, 15) is 9.59 Å². The molecular formula is C15H25N3O3. The summed E-state index contributed by atoms with van der Waals surface area (Å²) in [7, 11) is 1.65. The molecule has 0 aliphatic heterocycles. The van der Waals surface area contributed by atoms with Crippen LogP contribution in [-0.4, -0.2) is 50.0 Å². The summed E-state index contributed by atoms with van der Waals surface area (Å²) in [5.74, 6) is -0.183. The first-order chi connectivity index (χ1) is 10.0. The Morgan fingerprint density at radius 2 is 1.95 bits per heavy atom. The van der Waals surface area contributed by atoms with Crippen molar-refractivity contribution in [3.05, 3.63) is 22.5 Å². The number of rotatable bonds is 9. The van der Waals surface area contributed by atoms with E-state index in [-0.39, 0.29) is 11.7 Å². The van der Waals surface area contributed by atoms with Gasteiger partial charge in [-0.05, 0) is 25.8 Å². The van der Waals surface area contributed by atoms with Crippen molar-refractivity contribution in [2.24, 2.45) is 0 Å². The van der Waals surface area contributed by atoms with Crippen LogP contribution in [0.15, 0.2) is 0 Å². The lowest BCUT2D eigenvalue weighted by Gasteiger charge is -2.07. The van der Waals surface area contributed by atoms with Crippen LogP contribution < -0.4 is 10.6 Å². The minimum atomic E-state index is -0.170. The zero-order chi connectivity index (χ0) is 15.8. The van der Waals surface area contributed by atoms with Crippen LogP contribution in [0.2, 0.25) is 0 Å². The number of ether oxygens (including phenoxy) is 1. The molecule has 0 aromatic carbocycles. The lowest BCUT2D eigenvalue weighted by molar-refractivity contribution is 0.0948. The molecule has 1 aromatic heterocycles. The van der Waals surface area contributed by atoms with Crippen LogP contribution in [0.25, 0.3) is 0 Å². The van der Waals surface area contributed by atoms with Crippen LogP contribution in [-0.2, 0) is 11.2 Å². The smallest absolute Gasteiger partial charge is 0.268 e. The fourth-order valence-corrected chi connectivity index (χ4v) is 2.35. The number of Topliss-reactive ketones (excluding diaryl/α,β-unsaturated/α-hetero) is 1. The Morgan fingerprint density at radius 3 is 2.52 bits per heavy atom. The molecule has 1 amide bonds. The number of carbonyl (C=O) groups excluding carboxylic acids is 2. The molecule has 1 heterocycles. The largest absolute Gasteiger partial charge is 0.383 e. The van der Waals surface area contributed by atoms with E-state index in [2.05, 4.69) is 15.6 Å². The van der Waals surface area contributed by atoms with E-state index in [0.29, 0.717) is 37.4 Å². The van der Waals surface area contributed by atoms with Gasteiger partial charge in [0.25, 0.3) is 5.91 Å². The molecule has 1 aromatic rings. The third kappa shape index (κ3) is 4.68. The van der Waals surface area contributed by atoms with Crippen molar-refractivity contribution >= 4 is 11.7 Å². The van der Waals surface area contributed by atoms with Gasteiger partial charge in [-0.2, -0.15) is 0 Å². The van der Waals surface area contributed by atoms with Gasteiger partial charge in [0.1, 0.15) is 5.69 Å². The summed E-state index contributed by atoms with van der Waals surface area (Å²) >= 11 is 0. The fourth-order valence-electron chi connectivity index (χ4n) is 2.35. The van der Waals surface area contributed by atoms with E-state index in [1.807, 2.05) is 13.8 Å². The van der Waals surface area contributed by atoms with Gasteiger partial charge in [0.05, 0.1) is 6.61 Å². The number of amides is 1. The van der Waals surface area contributed by atoms with E-state index in [1.54, 1.807) is 7.11 Å². The predicted octanol–water partition coefficient (Wildman–Crippen LogP) is 1.05. The Balaban J connectivity index is 2.62. The molecule has 118 valence electrons. The van der Waals surface area contributed by atoms with Crippen molar-refractivity contribution in [3.63, 3.8) is 0 Å². The van der Waals surface area contributed by atoms with Crippen molar-refractivity contribution in [1.82, 2.24) is 15.6 Å². The molecule has 1 rings (SSSR count). The van der Waals surface area contributed by atoms with Gasteiger partial charge >= 0.3 is 0 Å². The van der Waals surface area contributed by atoms with Crippen molar-refractivity contribution in [3.8, 4) is 0 Å². The number of aromatic nitrogens is 1. The highest BCUT2D eigenvalue weighted by molar-refractivity contribution is 6.02. The van der Waals surface area contributed by atoms with Crippen molar-refractivity contribution < 1.29 is 14.3 Å². The van der Waals surface area contributed by atoms with E-state index in [0.717, 1.165) is 17.8 Å². The maximum Gasteiger partial charge on any atom is 0.268 e. The quantitative estimate of drug-likeness (QED) is 0.470. The maximum atomic E-state index is 12.2. The third-order valence-corrected chi connectivity index (χ3v) is 3.29. The molecule has 3 N–H and O–H groups in total. The summed E-state index contributed by atoms with van der Waals surface area (Å²) in [4.78, 5) is 26.9.